The van der Waals surface area contributed by atoms with Gasteiger partial charge < -0.3 is 39.4 Å². The minimum atomic E-state index is -2.00. The maximum Gasteiger partial charge on any atom is 0.231 e. The Morgan fingerprint density at radius 2 is 1.78 bits per heavy atom. The summed E-state index contributed by atoms with van der Waals surface area (Å²) in [6.45, 7) is 4.43. The Morgan fingerprint density at radius 1 is 1.09 bits per heavy atom. The number of benzene rings is 2. The number of piperidine rings is 3. The third-order valence-corrected chi connectivity index (χ3v) is 10.2. The van der Waals surface area contributed by atoms with Gasteiger partial charge in [-0.2, -0.15) is 0 Å². The van der Waals surface area contributed by atoms with Gasteiger partial charge in [-0.25, -0.2) is 0 Å². The van der Waals surface area contributed by atoms with Crippen molar-refractivity contribution in [3.8, 4) is 28.7 Å². The Balaban J connectivity index is 1.45. The van der Waals surface area contributed by atoms with Crippen LogP contribution in [0.1, 0.15) is 54.4 Å². The Morgan fingerprint density at radius 3 is 2.40 bits per heavy atom. The van der Waals surface area contributed by atoms with E-state index < -0.39 is 34.8 Å². The molecule has 4 aliphatic heterocycles. The fourth-order valence-electron chi connectivity index (χ4n) is 7.42. The smallest absolute Gasteiger partial charge is 0.231 e. The molecule has 2 aromatic rings. The van der Waals surface area contributed by atoms with E-state index in [0.717, 1.165) is 32.5 Å². The highest BCUT2D eigenvalue weighted by atomic mass is 35.5. The number of ketones is 2. The van der Waals surface area contributed by atoms with Crippen LogP contribution in [0.4, 0.5) is 0 Å². The van der Waals surface area contributed by atoms with Gasteiger partial charge >= 0.3 is 0 Å². The minimum absolute atomic E-state index is 0.0205. The first kappa shape index (κ1) is 31.0. The SMILES string of the molecule is COc1cc(C(CC(=O)NC2CN3CCC2CC3)C2=C(O)C3(Oc4c(Cl)c(OC)cc(OC)c4C3=O)C(C)CC2=O)ccc1O. The van der Waals surface area contributed by atoms with E-state index in [-0.39, 0.29) is 69.7 Å². The third kappa shape index (κ3) is 4.96. The number of halogens is 1. The van der Waals surface area contributed by atoms with Crippen LogP contribution in [0.15, 0.2) is 35.6 Å². The number of phenols is 1. The number of aliphatic hydroxyl groups excluding tert-OH is 1. The number of rotatable bonds is 8. The van der Waals surface area contributed by atoms with Gasteiger partial charge in [-0.15, -0.1) is 0 Å². The van der Waals surface area contributed by atoms with E-state index in [4.69, 9.17) is 30.5 Å². The Kier molecular flexibility index (Phi) is 8.11. The maximum absolute atomic E-state index is 14.3. The number of aromatic hydroxyl groups is 1. The summed E-state index contributed by atoms with van der Waals surface area (Å²) in [6, 6.07) is 5.94. The molecule has 3 fully saturated rings. The highest BCUT2D eigenvalue weighted by Crippen LogP contribution is 2.56. The number of aliphatic hydroxyl groups is 1. The number of carbonyl (C=O) groups excluding carboxylic acids is 3. The van der Waals surface area contributed by atoms with Crippen LogP contribution >= 0.6 is 11.6 Å². The van der Waals surface area contributed by atoms with Gasteiger partial charge in [0, 0.05) is 48.9 Å². The second kappa shape index (κ2) is 11.8. The van der Waals surface area contributed by atoms with Crippen LogP contribution in [0, 0.1) is 11.8 Å². The van der Waals surface area contributed by atoms with Gasteiger partial charge in [0.1, 0.15) is 22.1 Å². The second-order valence-electron chi connectivity index (χ2n) is 12.3. The van der Waals surface area contributed by atoms with E-state index >= 15 is 0 Å². The molecule has 7 rings (SSSR count). The zero-order valence-electron chi connectivity index (χ0n) is 25.6. The van der Waals surface area contributed by atoms with Crippen LogP contribution in [0.2, 0.25) is 5.02 Å². The number of hydrogen-bond acceptors (Lipinski definition) is 10. The summed E-state index contributed by atoms with van der Waals surface area (Å²) in [5, 5.41) is 25.6. The molecular weight excluding hydrogens is 604 g/mol. The molecule has 3 saturated heterocycles. The lowest BCUT2D eigenvalue weighted by molar-refractivity contribution is -0.123. The van der Waals surface area contributed by atoms with Crippen molar-refractivity contribution >= 4 is 29.1 Å². The molecule has 2 aromatic carbocycles. The molecule has 5 aliphatic rings. The Labute approximate surface area is 266 Å². The predicted molar refractivity (Wildman–Crippen MR) is 164 cm³/mol. The number of hydrogen-bond donors (Lipinski definition) is 3. The molecule has 11 nitrogen and oxygen atoms in total. The van der Waals surface area contributed by atoms with E-state index in [9.17, 15) is 24.6 Å². The first-order valence-corrected chi connectivity index (χ1v) is 15.4. The van der Waals surface area contributed by atoms with Gasteiger partial charge in [0.05, 0.1) is 21.3 Å². The molecule has 1 spiro atoms. The standard InChI is InChI=1S/C33H37ClN2O9/c1-16-11-22(38)27(31(40)33(16)32(41)28-24(43-3)14-25(44-4)29(34)30(28)45-33)19(18-5-6-21(37)23(12-18)42-2)13-26(39)35-20-15-36-9-7-17(20)8-10-36/h5-6,12,14,16-17,19-20,37,40H,7-11,13,15H2,1-4H3,(H,35,39). The fraction of sp³-hybridized carbons (Fsp3) is 0.485. The van der Waals surface area contributed by atoms with E-state index in [0.29, 0.717) is 11.5 Å². The summed E-state index contributed by atoms with van der Waals surface area (Å²) in [4.78, 5) is 44.2. The van der Waals surface area contributed by atoms with Crippen LogP contribution in [0.3, 0.4) is 0 Å². The highest BCUT2D eigenvalue weighted by molar-refractivity contribution is 6.35. The van der Waals surface area contributed by atoms with Crippen molar-refractivity contribution in [1.82, 2.24) is 10.2 Å². The monoisotopic (exact) mass is 640 g/mol. The summed E-state index contributed by atoms with van der Waals surface area (Å²) >= 11 is 6.59. The molecule has 0 radical (unpaired) electrons. The van der Waals surface area contributed by atoms with E-state index in [1.165, 1.54) is 39.5 Å². The molecule has 1 amide bonds. The van der Waals surface area contributed by atoms with Crippen molar-refractivity contribution in [3.05, 3.63) is 51.7 Å². The van der Waals surface area contributed by atoms with Crippen LogP contribution in [-0.4, -0.2) is 85.2 Å². The lowest BCUT2D eigenvalue weighted by atomic mass is 9.69. The topological polar surface area (TPSA) is 144 Å². The fourth-order valence-corrected chi connectivity index (χ4v) is 7.68. The van der Waals surface area contributed by atoms with Crippen molar-refractivity contribution in [1.29, 1.82) is 0 Å². The number of Topliss-reactive ketones (excluding diaryl/α,β-unsaturated/α-hetero) is 2. The summed E-state index contributed by atoms with van der Waals surface area (Å²) < 4.78 is 22.5. The van der Waals surface area contributed by atoms with Crippen molar-refractivity contribution in [2.75, 3.05) is 41.0 Å². The average Bonchev–Trinajstić information content (AvgIpc) is 3.35. The number of ether oxygens (including phenoxy) is 4. The molecule has 1 aliphatic carbocycles. The number of phenolic OH excluding ortho intramolecular Hbond substituents is 1. The van der Waals surface area contributed by atoms with E-state index in [2.05, 4.69) is 10.2 Å². The minimum Gasteiger partial charge on any atom is -0.507 e. The first-order valence-electron chi connectivity index (χ1n) is 15.1. The zero-order chi connectivity index (χ0) is 32.2. The van der Waals surface area contributed by atoms with Crippen LogP contribution in [0.25, 0.3) is 0 Å². The molecule has 4 atom stereocenters. The van der Waals surface area contributed by atoms with Gasteiger partial charge in [-0.1, -0.05) is 24.6 Å². The third-order valence-electron chi connectivity index (χ3n) is 9.86. The number of nitrogens with one attached hydrogen (secondary N) is 1. The molecule has 3 N–H and O–H groups in total. The van der Waals surface area contributed by atoms with Gasteiger partial charge in [-0.3, -0.25) is 14.4 Å². The van der Waals surface area contributed by atoms with Crippen molar-refractivity contribution in [3.63, 3.8) is 0 Å². The molecule has 4 heterocycles. The van der Waals surface area contributed by atoms with Crippen molar-refractivity contribution < 1.29 is 43.5 Å². The number of methoxy groups -OCH3 is 3. The quantitative estimate of drug-likeness (QED) is 0.384. The zero-order valence-corrected chi connectivity index (χ0v) is 26.4. The largest absolute Gasteiger partial charge is 0.507 e. The molecular formula is C33H37ClN2O9. The Bertz CT molecular complexity index is 1600. The molecule has 4 unspecified atom stereocenters. The van der Waals surface area contributed by atoms with Gasteiger partial charge in [0.2, 0.25) is 17.3 Å². The number of nitrogens with zero attached hydrogens (tertiary/aromatic N) is 1. The number of amides is 1. The number of fused-ring (bicyclic) bond motifs is 4. The lowest BCUT2D eigenvalue weighted by Gasteiger charge is -2.45. The summed E-state index contributed by atoms with van der Waals surface area (Å²) in [5.74, 6) is -3.02. The molecule has 45 heavy (non-hydrogen) atoms. The summed E-state index contributed by atoms with van der Waals surface area (Å²) in [5.41, 5.74) is -1.65. The number of carbonyl (C=O) groups is 3. The normalized spacial score (nSPS) is 27.7. The summed E-state index contributed by atoms with van der Waals surface area (Å²) in [7, 11) is 4.19. The van der Waals surface area contributed by atoms with Gasteiger partial charge in [-0.05, 0) is 49.5 Å². The average molecular weight is 641 g/mol. The molecule has 2 bridgehead atoms. The van der Waals surface area contributed by atoms with Crippen molar-refractivity contribution in [2.24, 2.45) is 11.8 Å². The Hall–Kier alpha value is -3.96. The number of allylic oxidation sites excluding steroid dienone is 1. The lowest BCUT2D eigenvalue weighted by Crippen LogP contribution is -2.57. The molecule has 0 saturated carbocycles. The van der Waals surface area contributed by atoms with E-state index in [1.807, 2.05) is 0 Å². The second-order valence-corrected chi connectivity index (χ2v) is 12.6. The maximum atomic E-state index is 14.3. The first-order chi connectivity index (χ1) is 21.5. The van der Waals surface area contributed by atoms with Crippen LogP contribution < -0.4 is 24.3 Å². The van der Waals surface area contributed by atoms with E-state index in [1.54, 1.807) is 13.0 Å². The molecule has 240 valence electrons. The van der Waals surface area contributed by atoms with Gasteiger partial charge in [0.25, 0.3) is 0 Å². The molecule has 12 heteroatoms. The highest BCUT2D eigenvalue weighted by Gasteiger charge is 2.61. The molecule has 0 aromatic heterocycles. The van der Waals surface area contributed by atoms with Crippen LogP contribution in [0.5, 0.6) is 28.7 Å². The van der Waals surface area contributed by atoms with Gasteiger partial charge in [0.15, 0.2) is 28.8 Å². The van der Waals surface area contributed by atoms with Crippen molar-refractivity contribution in [2.45, 2.75) is 50.2 Å². The van der Waals surface area contributed by atoms with Crippen LogP contribution in [-0.2, 0) is 9.59 Å². The summed E-state index contributed by atoms with van der Waals surface area (Å²) in [6.07, 6.45) is 1.66. The predicted octanol–water partition coefficient (Wildman–Crippen LogP) is 4.19.